The third kappa shape index (κ3) is 2.75. The van der Waals surface area contributed by atoms with E-state index in [0.717, 1.165) is 29.5 Å². The quantitative estimate of drug-likeness (QED) is 0.723. The Kier molecular flexibility index (Phi) is 3.83. The molecule has 2 heterocycles. The van der Waals surface area contributed by atoms with Crippen LogP contribution in [0.5, 0.6) is 5.75 Å². The van der Waals surface area contributed by atoms with Crippen LogP contribution in [-0.2, 0) is 19.4 Å². The number of thiophene rings is 1. The van der Waals surface area contributed by atoms with E-state index in [9.17, 15) is 4.79 Å². The Hall–Kier alpha value is -1.85. The van der Waals surface area contributed by atoms with Crippen LogP contribution in [0, 0.1) is 0 Å². The van der Waals surface area contributed by atoms with Gasteiger partial charge >= 0.3 is 0 Å². The van der Waals surface area contributed by atoms with Crippen molar-refractivity contribution in [3.05, 3.63) is 56.4 Å². The molecule has 6 heteroatoms. The van der Waals surface area contributed by atoms with Crippen molar-refractivity contribution in [2.45, 2.75) is 25.8 Å². The molecule has 0 unspecified atom stereocenters. The van der Waals surface area contributed by atoms with Gasteiger partial charge in [-0.3, -0.25) is 9.36 Å². The van der Waals surface area contributed by atoms with Crippen molar-refractivity contribution in [3.63, 3.8) is 0 Å². The van der Waals surface area contributed by atoms with Gasteiger partial charge in [0.25, 0.3) is 5.56 Å². The van der Waals surface area contributed by atoms with E-state index in [1.165, 1.54) is 10.4 Å². The summed E-state index contributed by atoms with van der Waals surface area (Å²) < 4.78 is 7.30. The predicted molar refractivity (Wildman–Crippen MR) is 92.9 cm³/mol. The molecule has 4 nitrogen and oxygen atoms in total. The summed E-state index contributed by atoms with van der Waals surface area (Å²) in [7, 11) is 0. The summed E-state index contributed by atoms with van der Waals surface area (Å²) in [5.74, 6) is 0.705. The molecule has 0 saturated carbocycles. The number of ether oxygens (including phenoxy) is 1. The number of nitrogens with zero attached hydrogens (tertiary/aromatic N) is 2. The first-order valence-electron chi connectivity index (χ1n) is 7.60. The Morgan fingerprint density at radius 2 is 2.26 bits per heavy atom. The van der Waals surface area contributed by atoms with Gasteiger partial charge in [-0.05, 0) is 43.0 Å². The summed E-state index contributed by atoms with van der Waals surface area (Å²) in [4.78, 5) is 19.3. The maximum atomic E-state index is 12.7. The van der Waals surface area contributed by atoms with Gasteiger partial charge in [0, 0.05) is 9.90 Å². The van der Waals surface area contributed by atoms with Crippen LogP contribution in [0.15, 0.2) is 35.4 Å². The zero-order valence-corrected chi connectivity index (χ0v) is 14.0. The monoisotopic (exact) mass is 346 g/mol. The van der Waals surface area contributed by atoms with Crippen molar-refractivity contribution in [2.75, 3.05) is 6.61 Å². The predicted octanol–water partition coefficient (Wildman–Crippen LogP) is 3.68. The van der Waals surface area contributed by atoms with Crippen molar-refractivity contribution in [2.24, 2.45) is 0 Å². The first kappa shape index (κ1) is 14.7. The highest BCUT2D eigenvalue weighted by molar-refractivity contribution is 7.18. The summed E-state index contributed by atoms with van der Waals surface area (Å²) in [5, 5.41) is 1.45. The third-order valence-corrected chi connectivity index (χ3v) is 5.52. The van der Waals surface area contributed by atoms with Crippen LogP contribution < -0.4 is 10.3 Å². The van der Waals surface area contributed by atoms with Gasteiger partial charge in [0.05, 0.1) is 18.3 Å². The topological polar surface area (TPSA) is 44.1 Å². The molecule has 0 N–H and O–H groups in total. The fraction of sp³-hybridized carbons (Fsp3) is 0.294. The maximum Gasteiger partial charge on any atom is 0.262 e. The second-order valence-electron chi connectivity index (χ2n) is 5.59. The highest BCUT2D eigenvalue weighted by atomic mass is 35.5. The first-order chi connectivity index (χ1) is 11.2. The summed E-state index contributed by atoms with van der Waals surface area (Å²) in [6.07, 6.45) is 4.84. The number of hydrogen-bond acceptors (Lipinski definition) is 4. The first-order valence-corrected chi connectivity index (χ1v) is 8.80. The van der Waals surface area contributed by atoms with Gasteiger partial charge in [0.1, 0.15) is 17.2 Å². The number of benzene rings is 1. The van der Waals surface area contributed by atoms with E-state index in [-0.39, 0.29) is 5.56 Å². The Balaban J connectivity index is 1.55. The minimum atomic E-state index is 0.0455. The number of fused-ring (bicyclic) bond motifs is 3. The van der Waals surface area contributed by atoms with Crippen LogP contribution >= 0.6 is 22.9 Å². The molecule has 0 atom stereocenters. The lowest BCUT2D eigenvalue weighted by atomic mass is 10.2. The zero-order chi connectivity index (χ0) is 15.8. The van der Waals surface area contributed by atoms with Crippen LogP contribution in [0.2, 0.25) is 5.02 Å². The number of rotatable bonds is 4. The highest BCUT2D eigenvalue weighted by Crippen LogP contribution is 2.34. The molecule has 0 saturated heterocycles. The molecule has 0 aliphatic heterocycles. The molecule has 4 rings (SSSR count). The zero-order valence-electron chi connectivity index (χ0n) is 12.4. The van der Waals surface area contributed by atoms with Crippen molar-refractivity contribution in [1.29, 1.82) is 0 Å². The van der Waals surface area contributed by atoms with Gasteiger partial charge in [-0.15, -0.1) is 11.3 Å². The Morgan fingerprint density at radius 1 is 1.35 bits per heavy atom. The lowest BCUT2D eigenvalue weighted by Crippen LogP contribution is -2.23. The SMILES string of the molecule is O=c1c2c3c(sc2ncn1CCOc1cccc(Cl)c1)CCC3. The van der Waals surface area contributed by atoms with Gasteiger partial charge in [-0.2, -0.15) is 0 Å². The van der Waals surface area contributed by atoms with Crippen LogP contribution in [0.3, 0.4) is 0 Å². The van der Waals surface area contributed by atoms with E-state index in [4.69, 9.17) is 16.3 Å². The Morgan fingerprint density at radius 3 is 3.13 bits per heavy atom. The smallest absolute Gasteiger partial charge is 0.262 e. The average molecular weight is 347 g/mol. The van der Waals surface area contributed by atoms with Crippen molar-refractivity contribution in [3.8, 4) is 5.75 Å². The average Bonchev–Trinajstić information content (AvgIpc) is 3.10. The van der Waals surface area contributed by atoms with E-state index >= 15 is 0 Å². The number of halogens is 1. The van der Waals surface area contributed by atoms with Crippen LogP contribution in [0.1, 0.15) is 16.9 Å². The molecule has 1 aliphatic rings. The minimum absolute atomic E-state index is 0.0455. The number of hydrogen-bond donors (Lipinski definition) is 0. The van der Waals surface area contributed by atoms with Crippen molar-refractivity contribution in [1.82, 2.24) is 9.55 Å². The molecule has 23 heavy (non-hydrogen) atoms. The van der Waals surface area contributed by atoms with Gasteiger partial charge < -0.3 is 4.74 Å². The molecule has 0 amide bonds. The maximum absolute atomic E-state index is 12.7. The van der Waals surface area contributed by atoms with Crippen LogP contribution in [0.4, 0.5) is 0 Å². The molecular formula is C17H15ClN2O2S. The molecule has 0 fully saturated rings. The second kappa shape index (κ2) is 5.98. The lowest BCUT2D eigenvalue weighted by Gasteiger charge is -2.08. The standard InChI is InChI=1S/C17H15ClN2O2S/c18-11-3-1-4-12(9-11)22-8-7-20-10-19-16-15(17(20)21)13-5-2-6-14(13)23-16/h1,3-4,9-10H,2,5-8H2. The summed E-state index contributed by atoms with van der Waals surface area (Å²) in [6.45, 7) is 0.874. The molecular weight excluding hydrogens is 332 g/mol. The van der Waals surface area contributed by atoms with Crippen LogP contribution in [-0.4, -0.2) is 16.2 Å². The van der Waals surface area contributed by atoms with Crippen LogP contribution in [0.25, 0.3) is 10.2 Å². The van der Waals surface area contributed by atoms with E-state index in [1.807, 2.05) is 12.1 Å². The van der Waals surface area contributed by atoms with E-state index in [1.54, 1.807) is 34.4 Å². The molecule has 1 aliphatic carbocycles. The Bertz CT molecular complexity index is 932. The fourth-order valence-electron chi connectivity index (χ4n) is 3.00. The molecule has 0 radical (unpaired) electrons. The van der Waals surface area contributed by atoms with Gasteiger partial charge in [0.2, 0.25) is 0 Å². The van der Waals surface area contributed by atoms with Gasteiger partial charge in [-0.25, -0.2) is 4.98 Å². The molecule has 0 bridgehead atoms. The Labute approximate surface area is 142 Å². The number of aromatic nitrogens is 2. The second-order valence-corrected chi connectivity index (χ2v) is 7.11. The fourth-order valence-corrected chi connectivity index (χ4v) is 4.40. The largest absolute Gasteiger partial charge is 0.492 e. The molecule has 0 spiro atoms. The van der Waals surface area contributed by atoms with E-state index in [0.29, 0.717) is 23.9 Å². The van der Waals surface area contributed by atoms with E-state index < -0.39 is 0 Å². The third-order valence-electron chi connectivity index (χ3n) is 4.09. The normalized spacial score (nSPS) is 13.4. The van der Waals surface area contributed by atoms with Gasteiger partial charge in [-0.1, -0.05) is 17.7 Å². The summed E-state index contributed by atoms with van der Waals surface area (Å²) in [6, 6.07) is 7.25. The van der Waals surface area contributed by atoms with E-state index in [2.05, 4.69) is 4.98 Å². The molecule has 3 aromatic rings. The molecule has 1 aromatic carbocycles. The number of aryl methyl sites for hydroxylation is 2. The van der Waals surface area contributed by atoms with Crippen molar-refractivity contribution < 1.29 is 4.74 Å². The molecule has 118 valence electrons. The minimum Gasteiger partial charge on any atom is -0.492 e. The lowest BCUT2D eigenvalue weighted by molar-refractivity contribution is 0.296. The van der Waals surface area contributed by atoms with Crippen molar-refractivity contribution >= 4 is 33.2 Å². The summed E-state index contributed by atoms with van der Waals surface area (Å²) in [5.41, 5.74) is 1.26. The highest BCUT2D eigenvalue weighted by Gasteiger charge is 2.21. The molecule has 2 aromatic heterocycles. The summed E-state index contributed by atoms with van der Waals surface area (Å²) >= 11 is 7.59. The van der Waals surface area contributed by atoms with Gasteiger partial charge in [0.15, 0.2) is 0 Å².